The summed E-state index contributed by atoms with van der Waals surface area (Å²) >= 11 is 0. The van der Waals surface area contributed by atoms with E-state index in [0.29, 0.717) is 29.2 Å². The number of hydrogen-bond acceptors (Lipinski definition) is 11. The van der Waals surface area contributed by atoms with Gasteiger partial charge in [-0.3, -0.25) is 14.4 Å². The molecule has 4 heterocycles. The Kier molecular flexibility index (Phi) is 12.2. The molecule has 0 radical (unpaired) electrons. The third kappa shape index (κ3) is 8.63. The van der Waals surface area contributed by atoms with Crippen molar-refractivity contribution in [3.8, 4) is 5.82 Å². The summed E-state index contributed by atoms with van der Waals surface area (Å²) in [6.45, 7) is 15.7. The molecule has 2 aromatic rings. The van der Waals surface area contributed by atoms with Gasteiger partial charge in [0.2, 0.25) is 5.91 Å². The molecular weight excluding hydrogens is 630 g/mol. The van der Waals surface area contributed by atoms with Gasteiger partial charge in [0, 0.05) is 42.7 Å². The maximum Gasteiger partial charge on any atom is 0.316 e. The van der Waals surface area contributed by atoms with Crippen LogP contribution in [-0.4, -0.2) is 79.9 Å². The van der Waals surface area contributed by atoms with Gasteiger partial charge in [-0.25, -0.2) is 9.67 Å². The molecule has 0 saturated heterocycles. The predicted octanol–water partition coefficient (Wildman–Crippen LogP) is 4.31. The molecule has 0 aromatic carbocycles. The first-order valence-corrected chi connectivity index (χ1v) is 16.9. The van der Waals surface area contributed by atoms with Crippen molar-refractivity contribution >= 4 is 23.4 Å². The Hall–Kier alpha value is -3.94. The van der Waals surface area contributed by atoms with Crippen LogP contribution in [0.1, 0.15) is 80.7 Å². The monoisotopic (exact) mass is 681 g/mol. The lowest BCUT2D eigenvalue weighted by molar-refractivity contribution is -0.184. The number of carbonyl (C=O) groups excluding carboxylic acids is 3. The second-order valence-corrected chi connectivity index (χ2v) is 13.8. The Morgan fingerprint density at radius 1 is 1.18 bits per heavy atom. The van der Waals surface area contributed by atoms with E-state index < -0.39 is 41.2 Å². The Morgan fingerprint density at radius 3 is 2.53 bits per heavy atom. The molecule has 1 amide bonds. The van der Waals surface area contributed by atoms with Gasteiger partial charge in [0.25, 0.3) is 0 Å². The first kappa shape index (κ1) is 37.9. The summed E-state index contributed by atoms with van der Waals surface area (Å²) in [5.74, 6) is -2.95. The molecule has 0 unspecified atom stereocenters. The molecule has 0 saturated carbocycles. The minimum atomic E-state index is -1.78. The zero-order valence-electron chi connectivity index (χ0n) is 30.1. The third-order valence-electron chi connectivity index (χ3n) is 10.0. The molecule has 268 valence electrons. The Bertz CT molecular complexity index is 1540. The number of cyclic esters (lactones) is 1. The number of Topliss-reactive ketones (excluding diaryl/α,β-unsaturated/α-hetero) is 1. The highest BCUT2D eigenvalue weighted by Gasteiger charge is 2.48. The lowest BCUT2D eigenvalue weighted by atomic mass is 9.72. The number of nitrogens with zero attached hydrogens (tertiary/aromatic N) is 4. The van der Waals surface area contributed by atoms with Crippen molar-refractivity contribution in [3.63, 3.8) is 0 Å². The fraction of sp³-hybridized carbons (Fsp3) is 0.611. The second-order valence-electron chi connectivity index (χ2n) is 13.8. The van der Waals surface area contributed by atoms with Crippen LogP contribution in [0.15, 0.2) is 53.2 Å². The molecule has 13 nitrogen and oxygen atoms in total. The minimum Gasteiger partial charge on any atom is -0.459 e. The van der Waals surface area contributed by atoms with Crippen molar-refractivity contribution in [1.82, 2.24) is 20.1 Å². The summed E-state index contributed by atoms with van der Waals surface area (Å²) in [7, 11) is 0. The maximum absolute atomic E-state index is 13.7. The van der Waals surface area contributed by atoms with Crippen LogP contribution in [0.25, 0.3) is 5.82 Å². The van der Waals surface area contributed by atoms with Gasteiger partial charge in [-0.1, -0.05) is 38.9 Å². The van der Waals surface area contributed by atoms with E-state index in [1.54, 1.807) is 44.0 Å². The number of oxime groups is 1. The fourth-order valence-corrected chi connectivity index (χ4v) is 6.83. The number of ketones is 1. The zero-order chi connectivity index (χ0) is 36.1. The van der Waals surface area contributed by atoms with Crippen LogP contribution < -0.4 is 5.32 Å². The Balaban J connectivity index is 1.78. The van der Waals surface area contributed by atoms with Crippen LogP contribution in [0.4, 0.5) is 0 Å². The lowest BCUT2D eigenvalue weighted by Crippen LogP contribution is -2.54. The molecule has 0 aliphatic carbocycles. The van der Waals surface area contributed by atoms with Crippen LogP contribution in [0.3, 0.4) is 0 Å². The van der Waals surface area contributed by atoms with Crippen molar-refractivity contribution in [2.75, 3.05) is 13.2 Å². The number of carbonyl (C=O) groups is 3. The third-order valence-corrected chi connectivity index (χ3v) is 10.0. The average molecular weight is 682 g/mol. The first-order valence-electron chi connectivity index (χ1n) is 16.9. The Labute approximate surface area is 288 Å². The van der Waals surface area contributed by atoms with E-state index >= 15 is 0 Å². The van der Waals surface area contributed by atoms with Gasteiger partial charge < -0.3 is 29.5 Å². The molecule has 2 N–H and O–H groups in total. The minimum absolute atomic E-state index is 0.00344. The van der Waals surface area contributed by atoms with Crippen LogP contribution in [-0.2, 0) is 40.0 Å². The van der Waals surface area contributed by atoms with Gasteiger partial charge in [0.15, 0.2) is 5.82 Å². The van der Waals surface area contributed by atoms with Crippen LogP contribution in [0.2, 0.25) is 0 Å². The van der Waals surface area contributed by atoms with E-state index in [1.807, 2.05) is 39.0 Å². The molecule has 2 aliphatic heterocycles. The summed E-state index contributed by atoms with van der Waals surface area (Å²) < 4.78 is 20.7. The summed E-state index contributed by atoms with van der Waals surface area (Å²) in [6, 6.07) is 5.51. The molecule has 2 aliphatic rings. The van der Waals surface area contributed by atoms with Crippen molar-refractivity contribution < 1.29 is 38.5 Å². The molecule has 49 heavy (non-hydrogen) atoms. The molecule has 2 bridgehead atoms. The van der Waals surface area contributed by atoms with Crippen LogP contribution >= 0.6 is 0 Å². The van der Waals surface area contributed by atoms with Gasteiger partial charge in [-0.05, 0) is 70.1 Å². The number of fused-ring (bicyclic) bond motifs is 4. The maximum atomic E-state index is 13.7. The van der Waals surface area contributed by atoms with E-state index in [4.69, 9.17) is 19.0 Å². The fourth-order valence-electron chi connectivity index (χ4n) is 6.83. The zero-order valence-corrected chi connectivity index (χ0v) is 30.1. The number of ether oxygens (including phenoxy) is 3. The normalized spacial score (nSPS) is 32.9. The van der Waals surface area contributed by atoms with Gasteiger partial charge in [-0.2, -0.15) is 5.10 Å². The largest absolute Gasteiger partial charge is 0.459 e. The predicted molar refractivity (Wildman–Crippen MR) is 181 cm³/mol. The van der Waals surface area contributed by atoms with Crippen molar-refractivity contribution in [2.24, 2.45) is 28.8 Å². The Morgan fingerprint density at radius 2 is 1.92 bits per heavy atom. The molecular formula is C36H51N5O8. The number of nitrogens with one attached hydrogen (secondary N) is 1. The lowest BCUT2D eigenvalue weighted by Gasteiger charge is -2.42. The second kappa shape index (κ2) is 15.7. The average Bonchev–Trinajstić information content (AvgIpc) is 3.61. The summed E-state index contributed by atoms with van der Waals surface area (Å²) in [4.78, 5) is 49.9. The molecule has 0 spiro atoms. The van der Waals surface area contributed by atoms with Crippen molar-refractivity contribution in [3.05, 3.63) is 53.6 Å². The number of rotatable bonds is 6. The number of esters is 1. The topological polar surface area (TPSA) is 163 Å². The van der Waals surface area contributed by atoms with Crippen LogP contribution in [0, 0.1) is 23.7 Å². The summed E-state index contributed by atoms with van der Waals surface area (Å²) in [5.41, 5.74) is -0.414. The van der Waals surface area contributed by atoms with Crippen molar-refractivity contribution in [1.29, 1.82) is 0 Å². The van der Waals surface area contributed by atoms with Gasteiger partial charge in [0.1, 0.15) is 41.8 Å². The van der Waals surface area contributed by atoms with E-state index in [1.165, 1.54) is 20.8 Å². The van der Waals surface area contributed by atoms with Gasteiger partial charge in [0.05, 0.1) is 18.8 Å². The van der Waals surface area contributed by atoms with Crippen LogP contribution in [0.5, 0.6) is 0 Å². The quantitative estimate of drug-likeness (QED) is 0.255. The highest BCUT2D eigenvalue weighted by Crippen LogP contribution is 2.40. The van der Waals surface area contributed by atoms with E-state index in [2.05, 4.69) is 20.6 Å². The SMILES string of the molecule is CC[C@H]1OC(=O)[C@H](C)C(=O)[C@H](C)[C@@H](C)[C@@]2(C)C[C@@H](C)C(NC(C)=O)=C(C)[C@@H](OCC(=NOCc3ccc(-n4cccn4)nc3)CO2)[C@]1(C)O. The standard InChI is InChI=1S/C36H51N5O8/c1-10-29-36(9,45)33-23(4)31(39-26(7)42)21(2)16-35(8,25(6)22(3)32(43)24(5)34(44)49-29)47-20-28(19-46-33)40-48-18-27-12-13-30(37-17-27)41-15-11-14-38-41/h11-15,17,21-22,24-25,29,33,45H,10,16,18-20H2,1-9H3,(H,39,42)/t21-,22-,24-,25-,29-,33-,35-,36-/m1/s1. The van der Waals surface area contributed by atoms with Gasteiger partial charge >= 0.3 is 5.97 Å². The highest BCUT2D eigenvalue weighted by molar-refractivity contribution is 5.99. The first-order chi connectivity index (χ1) is 23.1. The van der Waals surface area contributed by atoms with E-state index in [9.17, 15) is 19.5 Å². The highest BCUT2D eigenvalue weighted by atomic mass is 16.6. The number of aliphatic hydroxyl groups is 1. The number of hydrogen-bond donors (Lipinski definition) is 2. The molecule has 0 fully saturated rings. The molecule has 8 atom stereocenters. The molecule has 13 heteroatoms. The van der Waals surface area contributed by atoms with E-state index in [-0.39, 0.29) is 49.8 Å². The summed E-state index contributed by atoms with van der Waals surface area (Å²) in [5, 5.41) is 23.8. The number of pyridine rings is 1. The van der Waals surface area contributed by atoms with E-state index in [0.717, 1.165) is 5.56 Å². The molecule has 4 rings (SSSR count). The summed E-state index contributed by atoms with van der Waals surface area (Å²) in [6.07, 6.45) is 3.69. The van der Waals surface area contributed by atoms with Crippen molar-refractivity contribution in [2.45, 2.75) is 105 Å². The number of aromatic nitrogens is 3. The smallest absolute Gasteiger partial charge is 0.316 e. The van der Waals surface area contributed by atoms with Gasteiger partial charge in [-0.15, -0.1) is 0 Å². The number of allylic oxidation sites excluding steroid dienone is 1. The number of amides is 1. The molecule has 2 aromatic heterocycles.